The molecule has 21 heavy (non-hydrogen) atoms. The molecule has 2 aromatic heterocycles. The summed E-state index contributed by atoms with van der Waals surface area (Å²) in [6.07, 6.45) is 1.65. The Hall–Kier alpha value is -3.20. The second-order valence-corrected chi connectivity index (χ2v) is 4.16. The highest BCUT2D eigenvalue weighted by Gasteiger charge is 2.15. The molecule has 0 bridgehead atoms. The highest BCUT2D eigenvalue weighted by atomic mass is 16.5. The first-order valence-electron chi connectivity index (χ1n) is 6.15. The Morgan fingerprint density at radius 2 is 2.14 bits per heavy atom. The van der Waals surface area contributed by atoms with Crippen LogP contribution in [0.1, 0.15) is 5.56 Å². The predicted octanol–water partition coefficient (Wildman–Crippen LogP) is 2.68. The van der Waals surface area contributed by atoms with Crippen molar-refractivity contribution in [3.63, 3.8) is 0 Å². The number of pyridine rings is 1. The Bertz CT molecular complexity index is 806. The fourth-order valence-electron chi connectivity index (χ4n) is 1.86. The van der Waals surface area contributed by atoms with Gasteiger partial charge >= 0.3 is 0 Å². The van der Waals surface area contributed by atoms with Gasteiger partial charge in [-0.2, -0.15) is 10.2 Å². The number of nitriles is 1. The topological polar surface area (TPSA) is 84.8 Å². The van der Waals surface area contributed by atoms with Crippen molar-refractivity contribution in [1.82, 2.24) is 15.1 Å². The summed E-state index contributed by atoms with van der Waals surface area (Å²) < 4.78 is 10.4. The summed E-state index contributed by atoms with van der Waals surface area (Å²) in [7, 11) is 1.55. The molecule has 0 aliphatic carbocycles. The van der Waals surface area contributed by atoms with E-state index in [0.29, 0.717) is 28.4 Å². The van der Waals surface area contributed by atoms with Gasteiger partial charge in [-0.1, -0.05) is 11.2 Å². The number of methoxy groups -OCH3 is 1. The third-order valence-corrected chi connectivity index (χ3v) is 2.90. The highest BCUT2D eigenvalue weighted by molar-refractivity contribution is 5.66. The molecular formula is C15H10N4O2. The third kappa shape index (κ3) is 2.44. The van der Waals surface area contributed by atoms with Gasteiger partial charge in [0.25, 0.3) is 5.89 Å². The number of benzene rings is 1. The summed E-state index contributed by atoms with van der Waals surface area (Å²) in [5.74, 6) is 1.24. The van der Waals surface area contributed by atoms with Crippen molar-refractivity contribution in [3.8, 4) is 34.8 Å². The van der Waals surface area contributed by atoms with Gasteiger partial charge < -0.3 is 9.26 Å². The largest absolute Gasteiger partial charge is 0.497 e. The Kier molecular flexibility index (Phi) is 3.31. The van der Waals surface area contributed by atoms with Crippen molar-refractivity contribution in [2.24, 2.45) is 0 Å². The van der Waals surface area contributed by atoms with Gasteiger partial charge in [0.15, 0.2) is 0 Å². The maximum Gasteiger partial charge on any atom is 0.259 e. The van der Waals surface area contributed by atoms with E-state index >= 15 is 0 Å². The molecule has 0 aliphatic rings. The Morgan fingerprint density at radius 1 is 1.24 bits per heavy atom. The molecule has 0 spiro atoms. The van der Waals surface area contributed by atoms with Crippen molar-refractivity contribution >= 4 is 0 Å². The average molecular weight is 278 g/mol. The van der Waals surface area contributed by atoms with E-state index in [9.17, 15) is 5.26 Å². The van der Waals surface area contributed by atoms with Gasteiger partial charge in [-0.25, -0.2) is 0 Å². The number of hydrogen-bond acceptors (Lipinski definition) is 6. The third-order valence-electron chi connectivity index (χ3n) is 2.90. The SMILES string of the molecule is COc1ccc(C#N)c(-c2nc(-c3ccccn3)no2)c1. The highest BCUT2D eigenvalue weighted by Crippen LogP contribution is 2.27. The molecule has 3 rings (SSSR count). The van der Waals surface area contributed by atoms with Crippen LogP contribution in [0.25, 0.3) is 23.0 Å². The predicted molar refractivity (Wildman–Crippen MR) is 74.2 cm³/mol. The molecule has 6 nitrogen and oxygen atoms in total. The van der Waals surface area contributed by atoms with Crippen molar-refractivity contribution in [3.05, 3.63) is 48.2 Å². The molecule has 0 saturated heterocycles. The van der Waals surface area contributed by atoms with E-state index in [2.05, 4.69) is 21.2 Å². The zero-order valence-corrected chi connectivity index (χ0v) is 11.1. The Labute approximate surface area is 120 Å². The number of aromatic nitrogens is 3. The van der Waals surface area contributed by atoms with Crippen LogP contribution in [0.5, 0.6) is 5.75 Å². The van der Waals surface area contributed by atoms with Crippen LogP contribution in [0, 0.1) is 11.3 Å². The normalized spacial score (nSPS) is 10.1. The van der Waals surface area contributed by atoms with Crippen LogP contribution in [0.4, 0.5) is 0 Å². The smallest absolute Gasteiger partial charge is 0.259 e. The lowest BCUT2D eigenvalue weighted by atomic mass is 10.1. The second kappa shape index (κ2) is 5.43. The molecule has 1 aromatic carbocycles. The monoisotopic (exact) mass is 278 g/mol. The van der Waals surface area contributed by atoms with Gasteiger partial charge in [0.05, 0.1) is 24.3 Å². The minimum Gasteiger partial charge on any atom is -0.497 e. The average Bonchev–Trinajstić information content (AvgIpc) is 3.05. The van der Waals surface area contributed by atoms with Crippen molar-refractivity contribution in [1.29, 1.82) is 5.26 Å². The summed E-state index contributed by atoms with van der Waals surface area (Å²) >= 11 is 0. The quantitative estimate of drug-likeness (QED) is 0.732. The fraction of sp³-hybridized carbons (Fsp3) is 0.0667. The molecule has 102 valence electrons. The molecule has 2 heterocycles. The zero-order valence-electron chi connectivity index (χ0n) is 11.1. The molecule has 0 amide bonds. The lowest BCUT2D eigenvalue weighted by Crippen LogP contribution is -1.89. The number of rotatable bonds is 3. The summed E-state index contributed by atoms with van der Waals surface area (Å²) in [4.78, 5) is 8.45. The van der Waals surface area contributed by atoms with Gasteiger partial charge in [0, 0.05) is 6.20 Å². The van der Waals surface area contributed by atoms with Crippen LogP contribution < -0.4 is 4.74 Å². The minimum absolute atomic E-state index is 0.256. The van der Waals surface area contributed by atoms with Gasteiger partial charge in [-0.15, -0.1) is 0 Å². The van der Waals surface area contributed by atoms with Crippen LogP contribution in [0.2, 0.25) is 0 Å². The maximum atomic E-state index is 9.17. The van der Waals surface area contributed by atoms with Gasteiger partial charge in [-0.3, -0.25) is 4.98 Å². The Morgan fingerprint density at radius 3 is 2.86 bits per heavy atom. The van der Waals surface area contributed by atoms with Gasteiger partial charge in [0.2, 0.25) is 5.82 Å². The summed E-state index contributed by atoms with van der Waals surface area (Å²) in [6, 6.07) is 12.6. The lowest BCUT2D eigenvalue weighted by Gasteiger charge is -2.02. The second-order valence-electron chi connectivity index (χ2n) is 4.16. The van der Waals surface area contributed by atoms with E-state index in [4.69, 9.17) is 9.26 Å². The van der Waals surface area contributed by atoms with Crippen LogP contribution in [0.3, 0.4) is 0 Å². The number of hydrogen-bond donors (Lipinski definition) is 0. The van der Waals surface area contributed by atoms with Crippen LogP contribution in [-0.2, 0) is 0 Å². The maximum absolute atomic E-state index is 9.17. The van der Waals surface area contributed by atoms with Crippen molar-refractivity contribution in [2.75, 3.05) is 7.11 Å². The molecule has 6 heteroatoms. The van der Waals surface area contributed by atoms with Crippen molar-refractivity contribution in [2.45, 2.75) is 0 Å². The molecule has 0 atom stereocenters. The van der Waals surface area contributed by atoms with Crippen LogP contribution in [0.15, 0.2) is 47.1 Å². The number of nitrogens with zero attached hydrogens (tertiary/aromatic N) is 4. The van der Waals surface area contributed by atoms with E-state index < -0.39 is 0 Å². The van der Waals surface area contributed by atoms with E-state index in [0.717, 1.165) is 0 Å². The van der Waals surface area contributed by atoms with E-state index in [1.165, 1.54) is 0 Å². The molecular weight excluding hydrogens is 268 g/mol. The molecule has 0 fully saturated rings. The van der Waals surface area contributed by atoms with Gasteiger partial charge in [0.1, 0.15) is 11.4 Å². The first-order chi connectivity index (χ1) is 10.3. The Balaban J connectivity index is 2.06. The molecule has 0 aliphatic heterocycles. The van der Waals surface area contributed by atoms with E-state index in [1.807, 2.05) is 6.07 Å². The van der Waals surface area contributed by atoms with E-state index in [-0.39, 0.29) is 5.89 Å². The van der Waals surface area contributed by atoms with Crippen LogP contribution in [-0.4, -0.2) is 22.2 Å². The van der Waals surface area contributed by atoms with Crippen molar-refractivity contribution < 1.29 is 9.26 Å². The van der Waals surface area contributed by atoms with Gasteiger partial charge in [-0.05, 0) is 30.3 Å². The molecule has 0 unspecified atom stereocenters. The number of ether oxygens (including phenoxy) is 1. The fourth-order valence-corrected chi connectivity index (χ4v) is 1.86. The summed E-state index contributed by atoms with van der Waals surface area (Å²) in [5, 5.41) is 13.1. The molecule has 0 N–H and O–H groups in total. The summed E-state index contributed by atoms with van der Waals surface area (Å²) in [5.41, 5.74) is 1.58. The first kappa shape index (κ1) is 12.8. The minimum atomic E-state index is 0.256. The van der Waals surface area contributed by atoms with E-state index in [1.54, 1.807) is 43.6 Å². The lowest BCUT2D eigenvalue weighted by molar-refractivity contribution is 0.413. The first-order valence-corrected chi connectivity index (χ1v) is 6.15. The molecule has 0 radical (unpaired) electrons. The molecule has 3 aromatic rings. The zero-order chi connectivity index (χ0) is 14.7. The molecule has 0 saturated carbocycles. The van der Waals surface area contributed by atoms with Crippen LogP contribution >= 0.6 is 0 Å². The summed E-state index contributed by atoms with van der Waals surface area (Å²) in [6.45, 7) is 0. The standard InChI is InChI=1S/C15H10N4O2/c1-20-11-6-5-10(9-16)12(8-11)15-18-14(19-21-15)13-4-2-3-7-17-13/h2-8H,1H3.